The van der Waals surface area contributed by atoms with Gasteiger partial charge in [0.15, 0.2) is 5.67 Å². The van der Waals surface area contributed by atoms with E-state index < -0.39 is 17.5 Å². The number of rotatable bonds is 9. The lowest BCUT2D eigenvalue weighted by Crippen LogP contribution is -2.62. The van der Waals surface area contributed by atoms with Crippen LogP contribution < -0.4 is 0 Å². The smallest absolute Gasteiger partial charge is 0.340 e. The molecule has 0 amide bonds. The van der Waals surface area contributed by atoms with E-state index in [0.717, 1.165) is 30.4 Å². The van der Waals surface area contributed by atoms with Crippen molar-refractivity contribution in [2.45, 2.75) is 50.4 Å². The summed E-state index contributed by atoms with van der Waals surface area (Å²) in [6.07, 6.45) is 2.75. The molecule has 4 nitrogen and oxygen atoms in total. The number of ether oxygens (including phenoxy) is 2. The van der Waals surface area contributed by atoms with Crippen molar-refractivity contribution in [3.05, 3.63) is 68.4 Å². The van der Waals surface area contributed by atoms with Crippen LogP contribution in [0.2, 0.25) is 10.0 Å². The number of carbonyl (C=O) groups excluding carboxylic acids is 1. The molecule has 1 aliphatic carbocycles. The normalized spacial score (nSPS) is 18.6. The fourth-order valence-electron chi connectivity index (χ4n) is 4.61. The number of hydrogen-bond acceptors (Lipinski definition) is 4. The van der Waals surface area contributed by atoms with E-state index in [0.29, 0.717) is 15.6 Å². The second-order valence-electron chi connectivity index (χ2n) is 8.97. The Morgan fingerprint density at radius 2 is 1.85 bits per heavy atom. The molecule has 1 saturated carbocycles. The molecule has 1 aliphatic heterocycles. The first-order chi connectivity index (χ1) is 15.7. The molecule has 0 aromatic heterocycles. The van der Waals surface area contributed by atoms with Crippen LogP contribution in [-0.2, 0) is 16.1 Å². The van der Waals surface area contributed by atoms with Crippen molar-refractivity contribution < 1.29 is 23.0 Å². The van der Waals surface area contributed by atoms with Crippen LogP contribution >= 0.6 is 23.2 Å². The third-order valence-corrected chi connectivity index (χ3v) is 6.78. The molecule has 8 heteroatoms. The standard InChI is InChI=1S/C25H27Cl2F2NO3/c1-3-23(16-6-18(26)9-19(27)7-16)30-12-25(29,13-30)14-33-11-17-8-22(28)21(24(31)32-2)10-20(17)15-4-5-15/h6-10,15,23H,3-5,11-14H2,1-2H3/t23-/m1/s1. The van der Waals surface area contributed by atoms with Gasteiger partial charge in [0.25, 0.3) is 0 Å². The predicted octanol–water partition coefficient (Wildman–Crippen LogP) is 6.49. The molecule has 2 aromatic carbocycles. The zero-order valence-corrected chi connectivity index (χ0v) is 20.2. The van der Waals surface area contributed by atoms with E-state index in [1.54, 1.807) is 12.1 Å². The van der Waals surface area contributed by atoms with Gasteiger partial charge in [-0.2, -0.15) is 0 Å². The molecule has 0 radical (unpaired) electrons. The number of hydrogen-bond donors (Lipinski definition) is 0. The predicted molar refractivity (Wildman–Crippen MR) is 124 cm³/mol. The molecule has 1 atom stereocenters. The minimum Gasteiger partial charge on any atom is -0.465 e. The van der Waals surface area contributed by atoms with Crippen LogP contribution in [0.4, 0.5) is 8.78 Å². The average molecular weight is 498 g/mol. The molecule has 1 saturated heterocycles. The Labute approximate surface area is 202 Å². The second kappa shape index (κ2) is 9.87. The lowest BCUT2D eigenvalue weighted by Gasteiger charge is -2.48. The Morgan fingerprint density at radius 1 is 1.18 bits per heavy atom. The molecule has 0 spiro atoms. The van der Waals surface area contributed by atoms with Gasteiger partial charge in [0.1, 0.15) is 5.82 Å². The van der Waals surface area contributed by atoms with E-state index in [4.69, 9.17) is 27.9 Å². The number of nitrogens with zero attached hydrogens (tertiary/aromatic N) is 1. The second-order valence-corrected chi connectivity index (χ2v) is 9.85. The van der Waals surface area contributed by atoms with Gasteiger partial charge < -0.3 is 9.47 Å². The van der Waals surface area contributed by atoms with Gasteiger partial charge in [0.05, 0.1) is 25.9 Å². The summed E-state index contributed by atoms with van der Waals surface area (Å²) in [4.78, 5) is 13.9. The maximum Gasteiger partial charge on any atom is 0.340 e. The molecule has 0 N–H and O–H groups in total. The first-order valence-electron chi connectivity index (χ1n) is 11.1. The molecule has 2 aromatic rings. The van der Waals surface area contributed by atoms with Crippen molar-refractivity contribution in [2.75, 3.05) is 26.8 Å². The highest BCUT2D eigenvalue weighted by molar-refractivity contribution is 6.34. The first kappa shape index (κ1) is 24.4. The number of alkyl halides is 1. The van der Waals surface area contributed by atoms with Gasteiger partial charge in [-0.3, -0.25) is 4.90 Å². The van der Waals surface area contributed by atoms with Gasteiger partial charge in [-0.15, -0.1) is 0 Å². The quantitative estimate of drug-likeness (QED) is 0.371. The van der Waals surface area contributed by atoms with Gasteiger partial charge in [0, 0.05) is 29.2 Å². The maximum atomic E-state index is 15.2. The van der Waals surface area contributed by atoms with Crippen LogP contribution in [0.1, 0.15) is 65.2 Å². The minimum atomic E-state index is -1.47. The van der Waals surface area contributed by atoms with Crippen LogP contribution in [0.5, 0.6) is 0 Å². The Morgan fingerprint density at radius 3 is 2.42 bits per heavy atom. The summed E-state index contributed by atoms with van der Waals surface area (Å²) < 4.78 is 40.0. The van der Waals surface area contributed by atoms with Crippen LogP contribution in [0.3, 0.4) is 0 Å². The van der Waals surface area contributed by atoms with Crippen LogP contribution in [-0.4, -0.2) is 43.3 Å². The van der Waals surface area contributed by atoms with E-state index in [9.17, 15) is 9.18 Å². The Hall–Kier alpha value is -1.73. The van der Waals surface area contributed by atoms with Gasteiger partial charge in [-0.05, 0) is 72.2 Å². The van der Waals surface area contributed by atoms with Crippen LogP contribution in [0, 0.1) is 5.82 Å². The fourth-order valence-corrected chi connectivity index (χ4v) is 5.15. The van der Waals surface area contributed by atoms with Crippen LogP contribution in [0.25, 0.3) is 0 Å². The summed E-state index contributed by atoms with van der Waals surface area (Å²) in [6.45, 7) is 2.53. The lowest BCUT2D eigenvalue weighted by molar-refractivity contribution is -0.107. The highest BCUT2D eigenvalue weighted by atomic mass is 35.5. The zero-order chi connectivity index (χ0) is 23.8. The number of benzene rings is 2. The van der Waals surface area contributed by atoms with E-state index in [-0.39, 0.29) is 43.8 Å². The van der Waals surface area contributed by atoms with Crippen molar-refractivity contribution in [3.63, 3.8) is 0 Å². The fraction of sp³-hybridized carbons (Fsp3) is 0.480. The molecule has 2 aliphatic rings. The van der Waals surface area contributed by atoms with Crippen molar-refractivity contribution in [1.82, 2.24) is 4.90 Å². The molecule has 0 bridgehead atoms. The molecule has 4 rings (SSSR count). The summed E-state index contributed by atoms with van der Waals surface area (Å²) in [5.41, 5.74) is 0.950. The summed E-state index contributed by atoms with van der Waals surface area (Å²) >= 11 is 12.3. The highest BCUT2D eigenvalue weighted by Gasteiger charge is 2.46. The molecular weight excluding hydrogens is 471 g/mol. The van der Waals surface area contributed by atoms with Crippen molar-refractivity contribution >= 4 is 29.2 Å². The summed E-state index contributed by atoms with van der Waals surface area (Å²) in [6, 6.07) is 8.29. The zero-order valence-electron chi connectivity index (χ0n) is 18.7. The SMILES string of the molecule is CC[C@H](c1cc(Cl)cc(Cl)c1)N1CC(F)(COCc2cc(F)c(C(=O)OC)cc2C2CC2)C1. The molecule has 33 heavy (non-hydrogen) atoms. The number of halogens is 4. The number of likely N-dealkylation sites (tertiary alicyclic amines) is 1. The summed E-state index contributed by atoms with van der Waals surface area (Å²) in [5.74, 6) is -1.08. The molecule has 178 valence electrons. The first-order valence-corrected chi connectivity index (χ1v) is 11.9. The third-order valence-electron chi connectivity index (χ3n) is 6.34. The van der Waals surface area contributed by atoms with E-state index in [1.165, 1.54) is 13.2 Å². The van der Waals surface area contributed by atoms with Crippen molar-refractivity contribution in [3.8, 4) is 0 Å². The molecule has 2 fully saturated rings. The molecule has 0 unspecified atom stereocenters. The number of methoxy groups -OCH3 is 1. The maximum absolute atomic E-state index is 15.2. The van der Waals surface area contributed by atoms with Gasteiger partial charge in [-0.1, -0.05) is 30.1 Å². The Kier molecular flexibility index (Phi) is 7.29. The average Bonchev–Trinajstić information content (AvgIpc) is 3.57. The van der Waals surface area contributed by atoms with Gasteiger partial charge >= 0.3 is 5.97 Å². The number of carbonyl (C=O) groups is 1. The highest BCUT2D eigenvalue weighted by Crippen LogP contribution is 2.43. The van der Waals surface area contributed by atoms with E-state index in [1.807, 2.05) is 24.0 Å². The largest absolute Gasteiger partial charge is 0.465 e. The van der Waals surface area contributed by atoms with Crippen LogP contribution in [0.15, 0.2) is 30.3 Å². The minimum absolute atomic E-state index is 0.0199. The van der Waals surface area contributed by atoms with E-state index >= 15 is 4.39 Å². The van der Waals surface area contributed by atoms with Crippen molar-refractivity contribution in [2.24, 2.45) is 0 Å². The van der Waals surface area contributed by atoms with E-state index in [2.05, 4.69) is 4.74 Å². The topological polar surface area (TPSA) is 38.8 Å². The third kappa shape index (κ3) is 5.51. The monoisotopic (exact) mass is 497 g/mol. The molecular formula is C25H27Cl2F2NO3. The van der Waals surface area contributed by atoms with Gasteiger partial charge in [0.2, 0.25) is 0 Å². The number of esters is 1. The Balaban J connectivity index is 1.37. The lowest BCUT2D eigenvalue weighted by atomic mass is 9.91. The Bertz CT molecular complexity index is 1020. The van der Waals surface area contributed by atoms with Crippen molar-refractivity contribution in [1.29, 1.82) is 0 Å². The summed E-state index contributed by atoms with van der Waals surface area (Å²) in [5, 5.41) is 1.12. The molecule has 1 heterocycles. The summed E-state index contributed by atoms with van der Waals surface area (Å²) in [7, 11) is 1.22. The van der Waals surface area contributed by atoms with Gasteiger partial charge in [-0.25, -0.2) is 13.6 Å².